The normalized spacial score (nSPS) is 17.8. The third-order valence-electron chi connectivity index (χ3n) is 2.52. The summed E-state index contributed by atoms with van der Waals surface area (Å²) in [6.45, 7) is 9.28. The van der Waals surface area contributed by atoms with E-state index in [9.17, 15) is 14.3 Å². The molecule has 0 heterocycles. The van der Waals surface area contributed by atoms with Gasteiger partial charge in [-0.1, -0.05) is 13.8 Å². The molecule has 0 saturated carbocycles. The second-order valence-electron chi connectivity index (χ2n) is 4.76. The predicted octanol–water partition coefficient (Wildman–Crippen LogP) is 2.12. The molecule has 3 atom stereocenters. The predicted molar refractivity (Wildman–Crippen MR) is 73.9 cm³/mol. The Morgan fingerprint density at radius 1 is 1.26 bits per heavy atom. The van der Waals surface area contributed by atoms with E-state index in [1.807, 2.05) is 13.8 Å². The zero-order chi connectivity index (χ0) is 15.1. The molecule has 6 nitrogen and oxygen atoms in total. The van der Waals surface area contributed by atoms with E-state index < -0.39 is 25.4 Å². The lowest BCUT2D eigenvalue weighted by Gasteiger charge is -2.25. The van der Waals surface area contributed by atoms with Crippen molar-refractivity contribution in [2.75, 3.05) is 13.2 Å². The number of nitrogens with one attached hydrogen (secondary N) is 1. The van der Waals surface area contributed by atoms with E-state index in [-0.39, 0.29) is 19.1 Å². The van der Waals surface area contributed by atoms with Crippen molar-refractivity contribution in [2.24, 2.45) is 5.92 Å². The van der Waals surface area contributed by atoms with Gasteiger partial charge in [0, 0.05) is 0 Å². The van der Waals surface area contributed by atoms with E-state index in [0.717, 1.165) is 0 Å². The fraction of sp³-hybridized carbons (Fsp3) is 0.917. The van der Waals surface area contributed by atoms with Gasteiger partial charge in [-0.15, -0.1) is 0 Å². The van der Waals surface area contributed by atoms with Crippen molar-refractivity contribution in [3.05, 3.63) is 0 Å². The maximum atomic E-state index is 11.8. The molecule has 0 aliphatic heterocycles. The van der Waals surface area contributed by atoms with Crippen LogP contribution in [0.15, 0.2) is 0 Å². The number of hydrogen-bond acceptors (Lipinski definition) is 5. The molecule has 7 heteroatoms. The molecule has 0 aromatic heterocycles. The molecule has 0 spiro atoms. The first-order valence-electron chi connectivity index (χ1n) is 6.64. The SMILES string of the molecule is CCOC(=O)[C@H](CC(C)C)NC(C)P(=O)(O)OCC. The Balaban J connectivity index is 4.71. The molecule has 0 amide bonds. The van der Waals surface area contributed by atoms with Crippen LogP contribution in [0.3, 0.4) is 0 Å². The third kappa shape index (κ3) is 7.06. The highest BCUT2D eigenvalue weighted by Crippen LogP contribution is 2.46. The second-order valence-corrected chi connectivity index (χ2v) is 6.92. The molecule has 0 saturated heterocycles. The van der Waals surface area contributed by atoms with Crippen LogP contribution in [0.2, 0.25) is 0 Å². The summed E-state index contributed by atoms with van der Waals surface area (Å²) in [6.07, 6.45) is 0.537. The fourth-order valence-electron chi connectivity index (χ4n) is 1.63. The number of hydrogen-bond donors (Lipinski definition) is 2. The standard InChI is InChI=1S/C12H26NO5P/c1-6-17-12(14)11(8-9(3)4)13-10(5)19(15,16)18-7-2/h9-11,13H,6-8H2,1-5H3,(H,15,16)/t10?,11-/m0/s1. The first-order valence-corrected chi connectivity index (χ1v) is 8.28. The lowest BCUT2D eigenvalue weighted by molar-refractivity contribution is -0.146. The summed E-state index contributed by atoms with van der Waals surface area (Å²) in [5, 5.41) is 2.85. The summed E-state index contributed by atoms with van der Waals surface area (Å²) in [4.78, 5) is 21.5. The molecule has 0 aliphatic rings. The van der Waals surface area contributed by atoms with Crippen molar-refractivity contribution in [3.63, 3.8) is 0 Å². The summed E-state index contributed by atoms with van der Waals surface area (Å²) in [5.74, 6) is -0.959. The molecule has 0 fully saturated rings. The van der Waals surface area contributed by atoms with Crippen molar-refractivity contribution in [2.45, 2.75) is 52.9 Å². The van der Waals surface area contributed by atoms with Gasteiger partial charge in [0.05, 0.1) is 13.2 Å². The van der Waals surface area contributed by atoms with Crippen molar-refractivity contribution >= 4 is 13.6 Å². The first-order chi connectivity index (χ1) is 8.74. The summed E-state index contributed by atoms with van der Waals surface area (Å²) in [7, 11) is -3.76. The van der Waals surface area contributed by atoms with Crippen LogP contribution in [0.5, 0.6) is 0 Å². The number of carbonyl (C=O) groups is 1. The van der Waals surface area contributed by atoms with E-state index in [0.29, 0.717) is 6.42 Å². The molecule has 0 aromatic rings. The van der Waals surface area contributed by atoms with E-state index in [1.165, 1.54) is 6.92 Å². The molecule has 114 valence electrons. The van der Waals surface area contributed by atoms with Crippen LogP contribution in [0.1, 0.15) is 41.0 Å². The summed E-state index contributed by atoms with van der Waals surface area (Å²) in [5.41, 5.74) is 0. The smallest absolute Gasteiger partial charge is 0.344 e. The average Bonchev–Trinajstić information content (AvgIpc) is 2.27. The van der Waals surface area contributed by atoms with Crippen LogP contribution in [0.4, 0.5) is 0 Å². The highest BCUT2D eigenvalue weighted by molar-refractivity contribution is 7.53. The van der Waals surface area contributed by atoms with Gasteiger partial charge in [-0.05, 0) is 33.1 Å². The van der Waals surface area contributed by atoms with Crippen LogP contribution >= 0.6 is 7.60 Å². The minimum absolute atomic E-state index is 0.147. The molecule has 2 unspecified atom stereocenters. The topological polar surface area (TPSA) is 84.9 Å². The molecule has 0 aromatic carbocycles. The van der Waals surface area contributed by atoms with E-state index in [2.05, 4.69) is 5.32 Å². The van der Waals surface area contributed by atoms with Gasteiger partial charge in [-0.25, -0.2) is 0 Å². The number of esters is 1. The maximum absolute atomic E-state index is 11.8. The summed E-state index contributed by atoms with van der Waals surface area (Å²) in [6, 6.07) is -0.601. The Hall–Kier alpha value is -0.420. The molecule has 0 aliphatic carbocycles. The van der Waals surface area contributed by atoms with Crippen LogP contribution in [0.25, 0.3) is 0 Å². The zero-order valence-corrected chi connectivity index (χ0v) is 13.3. The van der Waals surface area contributed by atoms with Crippen molar-refractivity contribution in [3.8, 4) is 0 Å². The fourth-order valence-corrected chi connectivity index (χ4v) is 2.59. The van der Waals surface area contributed by atoms with Crippen LogP contribution in [-0.2, 0) is 18.6 Å². The molecule has 0 radical (unpaired) electrons. The highest BCUT2D eigenvalue weighted by atomic mass is 31.2. The first kappa shape index (κ1) is 18.6. The van der Waals surface area contributed by atoms with E-state index in [1.54, 1.807) is 13.8 Å². The van der Waals surface area contributed by atoms with Crippen molar-refractivity contribution in [1.82, 2.24) is 5.32 Å². The van der Waals surface area contributed by atoms with Crippen LogP contribution in [-0.4, -0.2) is 35.9 Å². The number of rotatable bonds is 9. The molecule has 19 heavy (non-hydrogen) atoms. The lowest BCUT2D eigenvalue weighted by atomic mass is 10.0. The molecular formula is C12H26NO5P. The minimum Gasteiger partial charge on any atom is -0.465 e. The average molecular weight is 295 g/mol. The summed E-state index contributed by atoms with van der Waals surface area (Å²) < 4.78 is 21.6. The highest BCUT2D eigenvalue weighted by Gasteiger charge is 2.32. The summed E-state index contributed by atoms with van der Waals surface area (Å²) >= 11 is 0. The van der Waals surface area contributed by atoms with Gasteiger partial charge in [0.25, 0.3) is 0 Å². The number of carbonyl (C=O) groups excluding carboxylic acids is 1. The van der Waals surface area contributed by atoms with Gasteiger partial charge in [0.2, 0.25) is 0 Å². The Bertz CT molecular complexity index is 321. The van der Waals surface area contributed by atoms with Gasteiger partial charge in [0.1, 0.15) is 11.8 Å². The monoisotopic (exact) mass is 295 g/mol. The van der Waals surface area contributed by atoms with Crippen LogP contribution in [0, 0.1) is 5.92 Å². The maximum Gasteiger partial charge on any atom is 0.344 e. The number of ether oxygens (including phenoxy) is 1. The largest absolute Gasteiger partial charge is 0.465 e. The third-order valence-corrected chi connectivity index (χ3v) is 4.28. The van der Waals surface area contributed by atoms with Crippen molar-refractivity contribution < 1.29 is 23.5 Å². The molecule has 2 N–H and O–H groups in total. The van der Waals surface area contributed by atoms with Gasteiger partial charge in [-0.3, -0.25) is 14.7 Å². The minimum atomic E-state index is -3.76. The molecular weight excluding hydrogens is 269 g/mol. The van der Waals surface area contributed by atoms with Gasteiger partial charge < -0.3 is 14.2 Å². The Morgan fingerprint density at radius 3 is 2.26 bits per heavy atom. The molecule has 0 rings (SSSR count). The Kier molecular flexibility index (Phi) is 8.50. The lowest BCUT2D eigenvalue weighted by Crippen LogP contribution is -2.44. The van der Waals surface area contributed by atoms with E-state index in [4.69, 9.17) is 9.26 Å². The Morgan fingerprint density at radius 2 is 1.84 bits per heavy atom. The quantitative estimate of drug-likeness (QED) is 0.500. The van der Waals surface area contributed by atoms with Gasteiger partial charge in [0.15, 0.2) is 0 Å². The van der Waals surface area contributed by atoms with E-state index >= 15 is 0 Å². The zero-order valence-electron chi connectivity index (χ0n) is 12.4. The Labute approximate surface area is 115 Å². The van der Waals surface area contributed by atoms with Crippen molar-refractivity contribution in [1.29, 1.82) is 0 Å². The van der Waals surface area contributed by atoms with Crippen LogP contribution < -0.4 is 5.32 Å². The van der Waals surface area contributed by atoms with Gasteiger partial charge in [-0.2, -0.15) is 0 Å². The second kappa shape index (κ2) is 8.69. The van der Waals surface area contributed by atoms with Gasteiger partial charge >= 0.3 is 13.6 Å². The molecule has 0 bridgehead atoms.